The van der Waals surface area contributed by atoms with Gasteiger partial charge in [0.25, 0.3) is 0 Å². The minimum Gasteiger partial charge on any atom is -0.268 e. The molecule has 0 spiro atoms. The minimum atomic E-state index is -4.21. The van der Waals surface area contributed by atoms with Gasteiger partial charge in [-0.3, -0.25) is 5.84 Å². The molecular formula is C7H14F3N3. The number of piperazine rings is 1. The Morgan fingerprint density at radius 1 is 1.38 bits per heavy atom. The number of alkyl halides is 3. The molecule has 3 nitrogen and oxygen atoms in total. The van der Waals surface area contributed by atoms with E-state index >= 15 is 0 Å². The Bertz CT molecular complexity index is 171. The molecule has 78 valence electrons. The van der Waals surface area contributed by atoms with Crippen molar-refractivity contribution in [1.82, 2.24) is 9.91 Å². The zero-order chi connectivity index (χ0) is 10.1. The van der Waals surface area contributed by atoms with E-state index in [-0.39, 0.29) is 25.7 Å². The second-order valence-corrected chi connectivity index (χ2v) is 3.21. The number of halogens is 3. The number of hydrogen-bond donors (Lipinski definition) is 1. The second-order valence-electron chi connectivity index (χ2n) is 3.21. The molecule has 0 amide bonds. The summed E-state index contributed by atoms with van der Waals surface area (Å²) in [5, 5.41) is 1.49. The van der Waals surface area contributed by atoms with Gasteiger partial charge in [-0.1, -0.05) is 6.92 Å². The smallest absolute Gasteiger partial charge is 0.268 e. The number of nitrogens with two attached hydrogens (primary N) is 1. The summed E-state index contributed by atoms with van der Waals surface area (Å²) in [6, 6.07) is -0.185. The van der Waals surface area contributed by atoms with Gasteiger partial charge < -0.3 is 0 Å². The van der Waals surface area contributed by atoms with E-state index in [9.17, 15) is 13.2 Å². The average Bonchev–Trinajstić information content (AvgIpc) is 2.03. The van der Waals surface area contributed by atoms with Gasteiger partial charge in [-0.2, -0.15) is 13.2 Å². The molecule has 0 aromatic rings. The zero-order valence-electron chi connectivity index (χ0n) is 7.51. The van der Waals surface area contributed by atoms with Crippen molar-refractivity contribution in [2.24, 2.45) is 5.84 Å². The number of hydrazine groups is 1. The molecule has 0 saturated carbocycles. The molecule has 0 radical (unpaired) electrons. The molecule has 1 fully saturated rings. The maximum atomic E-state index is 12.2. The number of rotatable bonds is 1. The van der Waals surface area contributed by atoms with Crippen LogP contribution in [0.3, 0.4) is 0 Å². The van der Waals surface area contributed by atoms with E-state index in [0.717, 1.165) is 0 Å². The normalized spacial score (nSPS) is 27.9. The third-order valence-corrected chi connectivity index (χ3v) is 2.36. The molecule has 1 aliphatic rings. The first-order chi connectivity index (χ1) is 5.95. The van der Waals surface area contributed by atoms with Gasteiger partial charge in [-0.05, 0) is 6.42 Å². The van der Waals surface area contributed by atoms with Gasteiger partial charge >= 0.3 is 6.30 Å². The van der Waals surface area contributed by atoms with E-state index in [0.29, 0.717) is 11.3 Å². The van der Waals surface area contributed by atoms with E-state index in [1.54, 1.807) is 0 Å². The maximum Gasteiger partial charge on any atom is 0.460 e. The molecule has 0 aliphatic carbocycles. The summed E-state index contributed by atoms with van der Waals surface area (Å²) >= 11 is 0. The maximum absolute atomic E-state index is 12.2. The highest BCUT2D eigenvalue weighted by Crippen LogP contribution is 2.24. The Morgan fingerprint density at radius 2 is 2.00 bits per heavy atom. The van der Waals surface area contributed by atoms with Gasteiger partial charge in [-0.25, -0.2) is 9.91 Å². The van der Waals surface area contributed by atoms with Gasteiger partial charge in [0, 0.05) is 25.7 Å². The quantitative estimate of drug-likeness (QED) is 0.498. The van der Waals surface area contributed by atoms with E-state index in [4.69, 9.17) is 5.84 Å². The van der Waals surface area contributed by atoms with Crippen LogP contribution in [0, 0.1) is 0 Å². The van der Waals surface area contributed by atoms with Crippen LogP contribution in [0.4, 0.5) is 13.2 Å². The lowest BCUT2D eigenvalue weighted by Crippen LogP contribution is -2.59. The molecule has 1 heterocycles. The van der Waals surface area contributed by atoms with Crippen LogP contribution in [0.1, 0.15) is 13.3 Å². The van der Waals surface area contributed by atoms with Crippen molar-refractivity contribution in [3.05, 3.63) is 0 Å². The van der Waals surface area contributed by atoms with E-state index in [1.807, 2.05) is 6.92 Å². The molecule has 0 aromatic carbocycles. The predicted molar refractivity (Wildman–Crippen MR) is 42.6 cm³/mol. The van der Waals surface area contributed by atoms with Gasteiger partial charge in [0.15, 0.2) is 0 Å². The van der Waals surface area contributed by atoms with Gasteiger partial charge in [0.1, 0.15) is 0 Å². The Hall–Kier alpha value is -0.330. The molecule has 6 heteroatoms. The molecule has 1 aliphatic heterocycles. The highest BCUT2D eigenvalue weighted by atomic mass is 19.4. The fraction of sp³-hybridized carbons (Fsp3) is 1.00. The summed E-state index contributed by atoms with van der Waals surface area (Å²) in [5.74, 6) is 5.53. The standard InChI is InChI=1S/C7H14F3N3/c1-2-6-5-12(7(8,9)10)3-4-13(6)11/h6H,2-5,11H2,1H3. The summed E-state index contributed by atoms with van der Waals surface area (Å²) in [4.78, 5) is 0.518. The van der Waals surface area contributed by atoms with Crippen LogP contribution < -0.4 is 5.84 Å². The second kappa shape index (κ2) is 3.81. The van der Waals surface area contributed by atoms with Crippen molar-refractivity contribution in [3.8, 4) is 0 Å². The molecule has 1 rings (SSSR count). The van der Waals surface area contributed by atoms with Crippen molar-refractivity contribution < 1.29 is 13.2 Å². The highest BCUT2D eigenvalue weighted by molar-refractivity contribution is 4.78. The Morgan fingerprint density at radius 3 is 2.46 bits per heavy atom. The molecule has 13 heavy (non-hydrogen) atoms. The van der Waals surface area contributed by atoms with Crippen LogP contribution in [0.5, 0.6) is 0 Å². The summed E-state index contributed by atoms with van der Waals surface area (Å²) in [5.41, 5.74) is 0. The first-order valence-corrected chi connectivity index (χ1v) is 4.28. The Labute approximate surface area is 75.2 Å². The SMILES string of the molecule is CCC1CN(C(F)(F)F)CCN1N. The Balaban J connectivity index is 2.55. The third-order valence-electron chi connectivity index (χ3n) is 2.36. The van der Waals surface area contributed by atoms with Crippen LogP contribution >= 0.6 is 0 Å². The monoisotopic (exact) mass is 197 g/mol. The average molecular weight is 197 g/mol. The molecule has 1 saturated heterocycles. The van der Waals surface area contributed by atoms with Crippen LogP contribution in [-0.2, 0) is 0 Å². The lowest BCUT2D eigenvalue weighted by atomic mass is 10.1. The van der Waals surface area contributed by atoms with Crippen LogP contribution in [0.25, 0.3) is 0 Å². The first-order valence-electron chi connectivity index (χ1n) is 4.28. The molecule has 1 atom stereocenters. The van der Waals surface area contributed by atoms with Gasteiger partial charge in [0.2, 0.25) is 0 Å². The van der Waals surface area contributed by atoms with Crippen LogP contribution in [0.2, 0.25) is 0 Å². The first kappa shape index (κ1) is 10.7. The Kier molecular flexibility index (Phi) is 3.15. The molecule has 2 N–H and O–H groups in total. The molecule has 0 aromatic heterocycles. The topological polar surface area (TPSA) is 32.5 Å². The third kappa shape index (κ3) is 2.55. The summed E-state index contributed by atoms with van der Waals surface area (Å²) < 4.78 is 36.7. The summed E-state index contributed by atoms with van der Waals surface area (Å²) in [6.45, 7) is 2.06. The van der Waals surface area contributed by atoms with E-state index < -0.39 is 6.30 Å². The predicted octanol–water partition coefficient (Wildman–Crippen LogP) is 0.776. The van der Waals surface area contributed by atoms with Gasteiger partial charge in [0.05, 0.1) is 0 Å². The molecular weight excluding hydrogens is 183 g/mol. The van der Waals surface area contributed by atoms with Crippen molar-refractivity contribution >= 4 is 0 Å². The van der Waals surface area contributed by atoms with Gasteiger partial charge in [-0.15, -0.1) is 0 Å². The fourth-order valence-electron chi connectivity index (χ4n) is 1.46. The zero-order valence-corrected chi connectivity index (χ0v) is 7.51. The number of hydrogen-bond acceptors (Lipinski definition) is 3. The summed E-state index contributed by atoms with van der Waals surface area (Å²) in [6.07, 6.45) is -3.57. The van der Waals surface area contributed by atoms with E-state index in [1.165, 1.54) is 5.01 Å². The lowest BCUT2D eigenvalue weighted by Gasteiger charge is -2.38. The van der Waals surface area contributed by atoms with Crippen molar-refractivity contribution in [2.75, 3.05) is 19.6 Å². The van der Waals surface area contributed by atoms with Crippen LogP contribution in [-0.4, -0.2) is 41.9 Å². The number of nitrogens with zero attached hydrogens (tertiary/aromatic N) is 2. The molecule has 0 bridgehead atoms. The summed E-state index contributed by atoms with van der Waals surface area (Å²) in [7, 11) is 0. The van der Waals surface area contributed by atoms with Crippen molar-refractivity contribution in [1.29, 1.82) is 0 Å². The lowest BCUT2D eigenvalue weighted by molar-refractivity contribution is -0.257. The largest absolute Gasteiger partial charge is 0.460 e. The minimum absolute atomic E-state index is 0.0174. The highest BCUT2D eigenvalue weighted by Gasteiger charge is 2.40. The fourth-order valence-corrected chi connectivity index (χ4v) is 1.46. The van der Waals surface area contributed by atoms with Crippen molar-refractivity contribution in [2.45, 2.75) is 25.7 Å². The van der Waals surface area contributed by atoms with Crippen LogP contribution in [0.15, 0.2) is 0 Å². The van der Waals surface area contributed by atoms with Crippen molar-refractivity contribution in [3.63, 3.8) is 0 Å². The molecule has 1 unspecified atom stereocenters. The van der Waals surface area contributed by atoms with E-state index in [2.05, 4.69) is 0 Å².